The summed E-state index contributed by atoms with van der Waals surface area (Å²) < 4.78 is 16.9. The molecule has 0 aromatic carbocycles. The Morgan fingerprint density at radius 1 is 0.664 bits per heavy atom. The number of carbonyl (C=O) groups excluding carboxylic acids is 15. The number of imidazole rings is 1. The maximum Gasteiger partial charge on any atom is 0.469 e. The number of nitrogens with two attached hydrogens (primary N) is 4. The number of likely N-dealkylation sites (tertiary alicyclic amines) is 2. The third-order valence-electron chi connectivity index (χ3n) is 17.8. The number of amides is 16. The highest BCUT2D eigenvalue weighted by atomic mass is 32.2. The molecular formula is C62H103N22O21PS. The van der Waals surface area contributed by atoms with Crippen LogP contribution >= 0.6 is 19.6 Å². The second-order valence-corrected chi connectivity index (χ2v) is 29.0. The summed E-state index contributed by atoms with van der Waals surface area (Å²) in [6, 6.07) is -15.3. The van der Waals surface area contributed by atoms with Gasteiger partial charge in [0, 0.05) is 55.4 Å². The van der Waals surface area contributed by atoms with Crippen LogP contribution in [0.2, 0.25) is 0 Å². The molecule has 5 rings (SSSR count). The Balaban J connectivity index is 1.22. The molecule has 0 radical (unpaired) electrons. The number of hydrogen-bond donors (Lipinski definition) is 22. The number of guanidine groups is 1. The molecule has 5 heterocycles. The first kappa shape index (κ1) is 88.3. The molecular weight excluding hydrogens is 1450 g/mol. The van der Waals surface area contributed by atoms with Crippen LogP contribution in [0.4, 0.5) is 4.79 Å². The maximum absolute atomic E-state index is 14.7. The van der Waals surface area contributed by atoms with E-state index in [9.17, 15) is 96.5 Å². The van der Waals surface area contributed by atoms with Crippen LogP contribution in [-0.2, 0) is 82.6 Å². The van der Waals surface area contributed by atoms with Gasteiger partial charge >= 0.3 is 13.9 Å². The molecule has 4 saturated heterocycles. The molecule has 14 atom stereocenters. The number of H-pyrrole nitrogens is 1. The van der Waals surface area contributed by atoms with Crippen molar-refractivity contribution in [2.24, 2.45) is 33.8 Å². The van der Waals surface area contributed by atoms with E-state index >= 15 is 0 Å². The van der Waals surface area contributed by atoms with E-state index in [1.165, 1.54) is 26.4 Å². The number of aliphatic hydroxyl groups is 2. The Morgan fingerprint density at radius 3 is 1.83 bits per heavy atom. The van der Waals surface area contributed by atoms with E-state index < -0.39 is 190 Å². The fourth-order valence-electron chi connectivity index (χ4n) is 12.1. The van der Waals surface area contributed by atoms with Crippen LogP contribution in [0.1, 0.15) is 117 Å². The number of aliphatic imine (C=N–C) groups is 1. The van der Waals surface area contributed by atoms with Crippen molar-refractivity contribution < 1.29 is 101 Å². The van der Waals surface area contributed by atoms with Crippen molar-refractivity contribution >= 4 is 114 Å². The minimum Gasteiger partial charge on any atom is -0.394 e. The number of thioether (sulfide) groups is 1. The average molecular weight is 1560 g/mol. The molecule has 0 spiro atoms. The van der Waals surface area contributed by atoms with Gasteiger partial charge in [-0.3, -0.25) is 76.6 Å². The standard InChI is InChI=1S/C62H103N22O21PS/c1-31(2)48(51(64)91)81-58(98)49(33(4)86)80-47(90)26-71-53(93)35(12-7-8-18-63)74-56(96)42-15-11-21-84(42)60(100)39(28-105-106(102,103)104)78-54(94)36(13-9-19-68-61(65)66)75-57(97)41-14-10-20-83(41)59(99)37(22-34-23-67-30-72-34)76-55(95)38(27-85)77-52(92)32(3)73-46(89)25-70-45(88)24-69-44(87)17-6-5-16-43-50-40(29-107-43)79-62(101)82-50/h23,30-33,35-43,48-50,85-86H,5-22,24-29,63H2,1-4H3,(H2,64,91)(H,67,72)(H,69,87)(H,70,88)(H,71,93)(H,73,89)(H,74,96)(H,75,97)(H,76,95)(H,77,92)(H,78,94)(H,80,90)(H,81,98)(H4,65,66,68)(H2,79,82,101)(H2,102,103,104)/t32-,33+,35-,36-,37-,38-,39-,40-,41-,42-,43-,48-,49-,50-/m0/s1. The number of aromatic amines is 1. The lowest BCUT2D eigenvalue weighted by Gasteiger charge is -2.32. The molecule has 0 aliphatic carbocycles. The summed E-state index contributed by atoms with van der Waals surface area (Å²) in [4.78, 5) is 233. The van der Waals surface area contributed by atoms with Crippen LogP contribution in [0.15, 0.2) is 17.5 Å². The zero-order valence-corrected chi connectivity index (χ0v) is 61.7. The molecule has 45 heteroatoms. The Hall–Kier alpha value is -9.33. The van der Waals surface area contributed by atoms with Gasteiger partial charge < -0.3 is 127 Å². The zero-order valence-electron chi connectivity index (χ0n) is 60.0. The number of phosphoric acid groups is 1. The highest BCUT2D eigenvalue weighted by Crippen LogP contribution is 2.36. The van der Waals surface area contributed by atoms with Crippen molar-refractivity contribution in [3.63, 3.8) is 0 Å². The van der Waals surface area contributed by atoms with Crippen LogP contribution in [-0.4, -0.2) is 283 Å². The topological polar surface area (TPSA) is 671 Å². The second kappa shape index (κ2) is 43.5. The molecule has 1 aromatic rings. The van der Waals surface area contributed by atoms with Gasteiger partial charge in [0.2, 0.25) is 82.7 Å². The lowest BCUT2D eigenvalue weighted by Crippen LogP contribution is -2.61. The molecule has 4 aliphatic rings. The SMILES string of the molecule is CC(C)[C@H](NC(=O)[C@@H](NC(=O)CNC(=O)[C@H](CCCCN)NC(=O)[C@@H]1CCCN1C(=O)[C@H](COP(=O)(O)O)NC(=O)[C@H](CCCN=C(N)N)NC(=O)[C@@H]1CCCN1C(=O)[C@H](Cc1cnc[nH]1)NC(=O)[C@H](CO)NC(=O)[C@H](C)NC(=O)CNC(=O)CNC(=O)CCCC[C@@H]1SC[C@@H]2NC(=O)N[C@@H]21)[C@@H](C)O)C(N)=O. The minimum absolute atomic E-state index is 0.0152. The number of unbranched alkanes of at least 4 members (excludes halogenated alkanes) is 2. The first-order valence-corrected chi connectivity index (χ1v) is 37.7. The number of urea groups is 1. The number of aliphatic hydroxyl groups excluding tert-OH is 2. The Bertz CT molecular complexity index is 3370. The molecule has 0 unspecified atom stereocenters. The van der Waals surface area contributed by atoms with Crippen LogP contribution < -0.4 is 92.1 Å². The number of nitrogens with zero attached hydrogens (tertiary/aromatic N) is 4. The van der Waals surface area contributed by atoms with E-state index in [0.29, 0.717) is 18.5 Å². The third-order valence-corrected chi connectivity index (χ3v) is 19.8. The first-order valence-electron chi connectivity index (χ1n) is 35.1. The predicted octanol–water partition coefficient (Wildman–Crippen LogP) is -9.29. The summed E-state index contributed by atoms with van der Waals surface area (Å²) in [5.74, 6) is -12.7. The molecule has 1 aromatic heterocycles. The number of phosphoric ester groups is 1. The summed E-state index contributed by atoms with van der Waals surface area (Å²) in [6.07, 6.45) is 3.59. The van der Waals surface area contributed by atoms with E-state index in [1.54, 1.807) is 25.6 Å². The van der Waals surface area contributed by atoms with Gasteiger partial charge in [-0.25, -0.2) is 14.3 Å². The summed E-state index contributed by atoms with van der Waals surface area (Å²) in [7, 11) is -5.42. The summed E-state index contributed by atoms with van der Waals surface area (Å²) >= 11 is 1.76. The van der Waals surface area contributed by atoms with E-state index in [1.807, 2.05) is 0 Å². The number of nitrogens with one attached hydrogen (secondary N) is 14. The Morgan fingerprint density at radius 2 is 1.24 bits per heavy atom. The van der Waals surface area contributed by atoms with E-state index in [4.69, 9.17) is 27.5 Å². The van der Waals surface area contributed by atoms with Crippen molar-refractivity contribution in [3.8, 4) is 0 Å². The third kappa shape index (κ3) is 29.1. The van der Waals surface area contributed by atoms with Gasteiger partial charge in [0.1, 0.15) is 60.4 Å². The highest BCUT2D eigenvalue weighted by molar-refractivity contribution is 8.00. The van der Waals surface area contributed by atoms with Gasteiger partial charge in [0.15, 0.2) is 5.96 Å². The quantitative estimate of drug-likeness (QED) is 0.00948. The number of primary amides is 1. The monoisotopic (exact) mass is 1550 g/mol. The Kier molecular flexibility index (Phi) is 35.9. The number of hydrogen-bond acceptors (Lipinski definition) is 23. The Labute approximate surface area is 620 Å². The molecule has 43 nitrogen and oxygen atoms in total. The van der Waals surface area contributed by atoms with Crippen molar-refractivity contribution in [2.45, 2.75) is 201 Å². The van der Waals surface area contributed by atoms with Gasteiger partial charge in [-0.2, -0.15) is 11.8 Å². The van der Waals surface area contributed by atoms with E-state index in [0.717, 1.165) is 28.4 Å². The molecule has 4 aliphatic heterocycles. The molecule has 598 valence electrons. The fraction of sp³-hybridized carbons (Fsp3) is 0.694. The van der Waals surface area contributed by atoms with Crippen LogP contribution in [0.3, 0.4) is 0 Å². The van der Waals surface area contributed by atoms with Gasteiger partial charge in [-0.1, -0.05) is 20.3 Å². The molecule has 0 bridgehead atoms. The van der Waals surface area contributed by atoms with Gasteiger partial charge in [-0.15, -0.1) is 0 Å². The molecule has 26 N–H and O–H groups in total. The smallest absolute Gasteiger partial charge is 0.394 e. The van der Waals surface area contributed by atoms with Crippen molar-refractivity contribution in [1.82, 2.24) is 88.9 Å². The first-order chi connectivity index (χ1) is 50.6. The lowest BCUT2D eigenvalue weighted by atomic mass is 10.0. The number of aromatic nitrogens is 2. The summed E-state index contributed by atoms with van der Waals surface area (Å²) in [5, 5.41) is 53.2. The van der Waals surface area contributed by atoms with Gasteiger partial charge in [-0.05, 0) is 96.9 Å². The number of fused-ring (bicyclic) bond motifs is 1. The summed E-state index contributed by atoms with van der Waals surface area (Å²) in [5.41, 5.74) is 22.5. The summed E-state index contributed by atoms with van der Waals surface area (Å²) in [6.45, 7) is 1.37. The predicted molar refractivity (Wildman–Crippen MR) is 379 cm³/mol. The minimum atomic E-state index is -5.42. The zero-order chi connectivity index (χ0) is 79.2. The van der Waals surface area contributed by atoms with Crippen molar-refractivity contribution in [1.29, 1.82) is 0 Å². The van der Waals surface area contributed by atoms with Crippen LogP contribution in [0, 0.1) is 5.92 Å². The molecule has 0 saturated carbocycles. The van der Waals surface area contributed by atoms with Gasteiger partial charge in [0.25, 0.3) is 0 Å². The molecule has 107 heavy (non-hydrogen) atoms. The average Bonchev–Trinajstić information content (AvgIpc) is 1.87. The normalized spacial score (nSPS) is 19.9. The lowest BCUT2D eigenvalue weighted by molar-refractivity contribution is -0.144. The number of rotatable bonds is 45. The number of carbonyl (C=O) groups is 15. The second-order valence-electron chi connectivity index (χ2n) is 26.5. The van der Waals surface area contributed by atoms with Crippen LogP contribution in [0.5, 0.6) is 0 Å². The van der Waals surface area contributed by atoms with E-state index in [-0.39, 0.29) is 126 Å². The maximum atomic E-state index is 14.7. The van der Waals surface area contributed by atoms with E-state index in [2.05, 4.69) is 84.1 Å². The van der Waals surface area contributed by atoms with Gasteiger partial charge in [0.05, 0.1) is 57.4 Å². The molecule has 4 fully saturated rings. The largest absolute Gasteiger partial charge is 0.469 e. The highest BCUT2D eigenvalue weighted by Gasteiger charge is 2.45. The van der Waals surface area contributed by atoms with Crippen LogP contribution in [0.25, 0.3) is 0 Å². The van der Waals surface area contributed by atoms with Crippen molar-refractivity contribution in [3.05, 3.63) is 18.2 Å². The fourth-order valence-corrected chi connectivity index (χ4v) is 14.0. The molecule has 16 amide bonds. The van der Waals surface area contributed by atoms with Crippen molar-refractivity contribution in [2.75, 3.05) is 64.8 Å².